The number of anilines is 1. The van der Waals surface area contributed by atoms with Crippen molar-refractivity contribution in [2.45, 2.75) is 45.1 Å². The van der Waals surface area contributed by atoms with E-state index in [1.54, 1.807) is 13.2 Å². The van der Waals surface area contributed by atoms with Gasteiger partial charge in [0.05, 0.1) is 11.9 Å². The monoisotopic (exact) mass is 269 g/mol. The van der Waals surface area contributed by atoms with Gasteiger partial charge < -0.3 is 5.32 Å². The minimum Gasteiger partial charge on any atom is -0.379 e. The molecule has 1 aromatic rings. The van der Waals surface area contributed by atoms with Gasteiger partial charge in [-0.3, -0.25) is 4.79 Å². The predicted octanol–water partition coefficient (Wildman–Crippen LogP) is 2.81. The molecule has 1 N–H and O–H groups in total. The van der Waals surface area contributed by atoms with E-state index >= 15 is 0 Å². The lowest BCUT2D eigenvalue weighted by molar-refractivity contribution is 0.456. The van der Waals surface area contributed by atoms with E-state index in [0.29, 0.717) is 17.6 Å². The minimum absolute atomic E-state index is 0.240. The summed E-state index contributed by atoms with van der Waals surface area (Å²) in [5, 5.41) is 7.65. The number of nitrogens with one attached hydrogen (secondary N) is 1. The van der Waals surface area contributed by atoms with Crippen molar-refractivity contribution in [3.63, 3.8) is 0 Å². The molecule has 18 heavy (non-hydrogen) atoms. The lowest BCUT2D eigenvalue weighted by Crippen LogP contribution is -2.29. The lowest BCUT2D eigenvalue weighted by Gasteiger charge is -2.24. The molecule has 0 bridgehead atoms. The summed E-state index contributed by atoms with van der Waals surface area (Å²) in [7, 11) is 1.60. The summed E-state index contributed by atoms with van der Waals surface area (Å²) in [5.41, 5.74) is 0.418. The Kier molecular flexibility index (Phi) is 4.27. The normalized spacial score (nSPS) is 24.6. The highest BCUT2D eigenvalue weighted by atomic mass is 35.5. The number of hydrogen-bond donors (Lipinski definition) is 1. The van der Waals surface area contributed by atoms with Gasteiger partial charge in [0.25, 0.3) is 5.56 Å². The molecular weight excluding hydrogens is 250 g/mol. The molecule has 0 spiro atoms. The third-order valence-corrected chi connectivity index (χ3v) is 4.15. The molecule has 1 aliphatic carbocycles. The van der Waals surface area contributed by atoms with Crippen molar-refractivity contribution in [1.29, 1.82) is 0 Å². The van der Waals surface area contributed by atoms with E-state index in [0.717, 1.165) is 6.42 Å². The predicted molar refractivity (Wildman–Crippen MR) is 74.1 cm³/mol. The molecule has 0 aliphatic heterocycles. The molecule has 0 amide bonds. The zero-order valence-electron chi connectivity index (χ0n) is 10.9. The van der Waals surface area contributed by atoms with Gasteiger partial charge in [0, 0.05) is 13.1 Å². The van der Waals surface area contributed by atoms with Gasteiger partial charge in [-0.25, -0.2) is 4.68 Å². The quantitative estimate of drug-likeness (QED) is 0.840. The average Bonchev–Trinajstić information content (AvgIpc) is 2.56. The molecule has 1 heterocycles. The first kappa shape index (κ1) is 13.4. The zero-order valence-corrected chi connectivity index (χ0v) is 11.7. The summed E-state index contributed by atoms with van der Waals surface area (Å²) in [4.78, 5) is 11.7. The van der Waals surface area contributed by atoms with E-state index in [9.17, 15) is 4.79 Å². The molecule has 4 nitrogen and oxygen atoms in total. The molecule has 2 rings (SSSR count). The second-order valence-electron chi connectivity index (χ2n) is 5.17. The van der Waals surface area contributed by atoms with Crippen LogP contribution in [-0.4, -0.2) is 15.8 Å². The van der Waals surface area contributed by atoms with E-state index in [1.165, 1.54) is 30.4 Å². The van der Waals surface area contributed by atoms with Gasteiger partial charge in [0.15, 0.2) is 0 Å². The van der Waals surface area contributed by atoms with Crippen LogP contribution in [0.1, 0.15) is 39.0 Å². The molecule has 0 radical (unpaired) electrons. The molecule has 1 aromatic heterocycles. The van der Waals surface area contributed by atoms with Gasteiger partial charge in [0.1, 0.15) is 5.02 Å². The third-order valence-electron chi connectivity index (χ3n) is 3.78. The van der Waals surface area contributed by atoms with Crippen molar-refractivity contribution < 1.29 is 0 Å². The van der Waals surface area contributed by atoms with E-state index in [-0.39, 0.29) is 10.6 Å². The number of rotatable bonds is 2. The van der Waals surface area contributed by atoms with Crippen LogP contribution in [0.4, 0.5) is 5.69 Å². The van der Waals surface area contributed by atoms with Crippen LogP contribution in [0.25, 0.3) is 0 Å². The van der Waals surface area contributed by atoms with E-state index in [1.807, 2.05) is 0 Å². The highest BCUT2D eigenvalue weighted by Crippen LogP contribution is 2.27. The Balaban J connectivity index is 2.18. The fraction of sp³-hybridized carbons (Fsp3) is 0.692. The Morgan fingerprint density at radius 2 is 2.11 bits per heavy atom. The van der Waals surface area contributed by atoms with Gasteiger partial charge in [-0.1, -0.05) is 37.8 Å². The van der Waals surface area contributed by atoms with Gasteiger partial charge in [0.2, 0.25) is 0 Å². The molecule has 1 fully saturated rings. The molecular formula is C13H20ClN3O. The Morgan fingerprint density at radius 3 is 2.89 bits per heavy atom. The second kappa shape index (κ2) is 5.74. The van der Waals surface area contributed by atoms with Crippen LogP contribution >= 0.6 is 11.6 Å². The Hall–Kier alpha value is -1.03. The summed E-state index contributed by atoms with van der Waals surface area (Å²) >= 11 is 6.07. The van der Waals surface area contributed by atoms with Crippen molar-refractivity contribution in [3.8, 4) is 0 Å². The van der Waals surface area contributed by atoms with Crippen molar-refractivity contribution in [1.82, 2.24) is 9.78 Å². The van der Waals surface area contributed by atoms with E-state index in [2.05, 4.69) is 17.3 Å². The Morgan fingerprint density at radius 1 is 1.39 bits per heavy atom. The largest absolute Gasteiger partial charge is 0.379 e. The standard InChI is InChI=1S/C13H20ClN3O/c1-9-6-4-3-5-7-10(9)16-11-8-15-17(2)13(18)12(11)14/h8-10,16H,3-7H2,1-2H3. The summed E-state index contributed by atoms with van der Waals surface area (Å²) < 4.78 is 1.25. The molecule has 100 valence electrons. The maximum atomic E-state index is 11.7. The smallest absolute Gasteiger partial charge is 0.287 e. The maximum absolute atomic E-state index is 11.7. The van der Waals surface area contributed by atoms with Crippen molar-refractivity contribution >= 4 is 17.3 Å². The molecule has 5 heteroatoms. The SMILES string of the molecule is CC1CCCCCC1Nc1cnn(C)c(=O)c1Cl. The Bertz CT molecular complexity index is 472. The van der Waals surface area contributed by atoms with Crippen LogP contribution in [0, 0.1) is 5.92 Å². The van der Waals surface area contributed by atoms with Crippen LogP contribution < -0.4 is 10.9 Å². The number of hydrogen-bond acceptors (Lipinski definition) is 3. The van der Waals surface area contributed by atoms with Gasteiger partial charge >= 0.3 is 0 Å². The van der Waals surface area contributed by atoms with Gasteiger partial charge in [-0.15, -0.1) is 0 Å². The lowest BCUT2D eigenvalue weighted by atomic mass is 9.97. The molecule has 0 saturated heterocycles. The number of aryl methyl sites for hydroxylation is 1. The Labute approximate surface area is 112 Å². The third kappa shape index (κ3) is 2.86. The first-order valence-electron chi connectivity index (χ1n) is 6.58. The van der Waals surface area contributed by atoms with Crippen molar-refractivity contribution in [2.75, 3.05) is 5.32 Å². The van der Waals surface area contributed by atoms with Crippen LogP contribution in [0.2, 0.25) is 5.02 Å². The highest BCUT2D eigenvalue weighted by Gasteiger charge is 2.21. The summed E-state index contributed by atoms with van der Waals surface area (Å²) in [5.74, 6) is 0.604. The zero-order chi connectivity index (χ0) is 13.1. The number of nitrogens with zero attached hydrogens (tertiary/aromatic N) is 2. The summed E-state index contributed by atoms with van der Waals surface area (Å²) in [6.07, 6.45) is 7.83. The molecule has 1 saturated carbocycles. The van der Waals surface area contributed by atoms with Gasteiger partial charge in [-0.2, -0.15) is 5.10 Å². The van der Waals surface area contributed by atoms with Crippen molar-refractivity contribution in [3.05, 3.63) is 21.6 Å². The van der Waals surface area contributed by atoms with Crippen LogP contribution in [-0.2, 0) is 7.05 Å². The fourth-order valence-corrected chi connectivity index (χ4v) is 2.74. The van der Waals surface area contributed by atoms with E-state index < -0.39 is 0 Å². The first-order chi connectivity index (χ1) is 8.59. The fourth-order valence-electron chi connectivity index (χ4n) is 2.52. The summed E-state index contributed by atoms with van der Waals surface area (Å²) in [6.45, 7) is 2.26. The molecule has 1 aliphatic rings. The second-order valence-corrected chi connectivity index (χ2v) is 5.55. The van der Waals surface area contributed by atoms with Gasteiger partial charge in [-0.05, 0) is 18.8 Å². The molecule has 2 atom stereocenters. The average molecular weight is 270 g/mol. The first-order valence-corrected chi connectivity index (χ1v) is 6.95. The van der Waals surface area contributed by atoms with Crippen molar-refractivity contribution in [2.24, 2.45) is 13.0 Å². The van der Waals surface area contributed by atoms with E-state index in [4.69, 9.17) is 11.6 Å². The van der Waals surface area contributed by atoms with Crippen LogP contribution in [0.5, 0.6) is 0 Å². The highest BCUT2D eigenvalue weighted by molar-refractivity contribution is 6.32. The van der Waals surface area contributed by atoms with Crippen LogP contribution in [0.3, 0.4) is 0 Å². The molecule has 2 unspecified atom stereocenters. The molecule has 0 aromatic carbocycles. The maximum Gasteiger partial charge on any atom is 0.287 e. The minimum atomic E-state index is -0.247. The topological polar surface area (TPSA) is 46.9 Å². The van der Waals surface area contributed by atoms with Crippen LogP contribution in [0.15, 0.2) is 11.0 Å². The number of halogens is 1. The number of aromatic nitrogens is 2. The summed E-state index contributed by atoms with van der Waals surface area (Å²) in [6, 6.07) is 0.388.